The van der Waals surface area contributed by atoms with E-state index in [-0.39, 0.29) is 44.3 Å². The molecule has 2 aromatic carbocycles. The molecule has 2 fully saturated rings. The maximum atomic E-state index is 14.1. The van der Waals surface area contributed by atoms with Gasteiger partial charge in [0, 0.05) is 37.5 Å². The van der Waals surface area contributed by atoms with E-state index >= 15 is 0 Å². The van der Waals surface area contributed by atoms with Crippen molar-refractivity contribution in [2.45, 2.75) is 75.8 Å². The van der Waals surface area contributed by atoms with Crippen LogP contribution < -0.4 is 16.0 Å². The number of carboxylic acids is 1. The number of carbonyl (C=O) groups excluding carboxylic acids is 4. The van der Waals surface area contributed by atoms with Crippen LogP contribution in [-0.4, -0.2) is 108 Å². The number of halogens is 6. The van der Waals surface area contributed by atoms with Crippen molar-refractivity contribution < 1.29 is 51.0 Å². The Kier molecular flexibility index (Phi) is 15.6. The lowest BCUT2D eigenvalue weighted by Gasteiger charge is -2.44. The Morgan fingerprint density at radius 3 is 2.18 bits per heavy atom. The van der Waals surface area contributed by atoms with Crippen LogP contribution in [0.15, 0.2) is 48.5 Å². The highest BCUT2D eigenvalue weighted by molar-refractivity contribution is 6.30. The number of piperazine rings is 1. The van der Waals surface area contributed by atoms with Gasteiger partial charge in [-0.25, -0.2) is 13.6 Å². The lowest BCUT2D eigenvalue weighted by atomic mass is 9.97. The van der Waals surface area contributed by atoms with Crippen LogP contribution in [0.4, 0.5) is 22.0 Å². The predicted molar refractivity (Wildman–Crippen MR) is 177 cm³/mol. The lowest BCUT2D eigenvalue weighted by Crippen LogP contribution is -2.66. The smallest absolute Gasteiger partial charge is 0.475 e. The van der Waals surface area contributed by atoms with E-state index in [4.69, 9.17) is 21.5 Å². The van der Waals surface area contributed by atoms with Gasteiger partial charge in [0.1, 0.15) is 30.6 Å². The second kappa shape index (κ2) is 19.3. The lowest BCUT2D eigenvalue weighted by molar-refractivity contribution is -0.192. The van der Waals surface area contributed by atoms with Crippen LogP contribution in [0, 0.1) is 5.82 Å². The first kappa shape index (κ1) is 41.1. The molecule has 2 aliphatic heterocycles. The fourth-order valence-electron chi connectivity index (χ4n) is 5.85. The van der Waals surface area contributed by atoms with Crippen molar-refractivity contribution in [2.24, 2.45) is 0 Å². The van der Waals surface area contributed by atoms with Gasteiger partial charge in [-0.2, -0.15) is 13.2 Å². The van der Waals surface area contributed by atoms with Crippen LogP contribution in [0.25, 0.3) is 0 Å². The second-order valence-corrected chi connectivity index (χ2v) is 12.5. The number of rotatable bonds is 13. The number of nitrogens with zero attached hydrogens (tertiary/aromatic N) is 2. The Bertz CT molecular complexity index is 1490. The molecule has 0 bridgehead atoms. The topological polar surface area (TPSA) is 148 Å². The van der Waals surface area contributed by atoms with Crippen molar-refractivity contribution in [3.05, 3.63) is 70.5 Å². The summed E-state index contributed by atoms with van der Waals surface area (Å²) in [7, 11) is 0. The van der Waals surface area contributed by atoms with Crippen molar-refractivity contribution in [3.8, 4) is 0 Å². The number of aliphatic carboxylic acids is 1. The van der Waals surface area contributed by atoms with Gasteiger partial charge in [0.05, 0.1) is 6.04 Å². The largest absolute Gasteiger partial charge is 0.490 e. The molecule has 4 atom stereocenters. The van der Waals surface area contributed by atoms with Crippen molar-refractivity contribution in [1.82, 2.24) is 25.8 Å². The Balaban J connectivity index is 0.000000908. The number of hydrogen-bond donors (Lipinski definition) is 4. The fraction of sp³-hybridized carbons (Fsp3) is 0.500. The summed E-state index contributed by atoms with van der Waals surface area (Å²) in [5, 5.41) is 16.2. The summed E-state index contributed by atoms with van der Waals surface area (Å²) in [5.74, 6) is -4.75. The van der Waals surface area contributed by atoms with Crippen molar-refractivity contribution >= 4 is 41.2 Å². The minimum absolute atomic E-state index is 0.0769. The van der Waals surface area contributed by atoms with Gasteiger partial charge in [-0.3, -0.25) is 19.2 Å². The van der Waals surface area contributed by atoms with E-state index in [1.807, 2.05) is 6.92 Å². The summed E-state index contributed by atoms with van der Waals surface area (Å²) in [6, 6.07) is 9.50. The molecule has 2 heterocycles. The number of nitrogens with one attached hydrogen (secondary N) is 3. The summed E-state index contributed by atoms with van der Waals surface area (Å²) in [4.78, 5) is 66.4. The molecule has 4 rings (SSSR count). The molecule has 0 aromatic heterocycles. The third-order valence-corrected chi connectivity index (χ3v) is 8.63. The summed E-state index contributed by atoms with van der Waals surface area (Å²) in [5.41, 5.74) is 1.43. The van der Waals surface area contributed by atoms with E-state index in [2.05, 4.69) is 16.0 Å². The van der Waals surface area contributed by atoms with Crippen LogP contribution in [0.1, 0.15) is 43.7 Å². The van der Waals surface area contributed by atoms with Crippen molar-refractivity contribution in [3.63, 3.8) is 0 Å². The molecule has 0 aliphatic carbocycles. The first-order valence-electron chi connectivity index (χ1n) is 16.4. The number of carboxylic acid groups (broad SMARTS) is 1. The van der Waals surface area contributed by atoms with Gasteiger partial charge in [-0.05, 0) is 61.2 Å². The summed E-state index contributed by atoms with van der Waals surface area (Å²) < 4.78 is 58.3. The first-order chi connectivity index (χ1) is 24.2. The standard InChI is InChI=1S/C32H40ClF2N5O4.C2HF3O2/c1-2-4-27-32(44)40(28(30(42)37-16-14-34)20-22-6-10-23(33)11-7-22)18-17-39(27)31(43)26(19-21-8-12-24(35)13-9-21)38-29(41)25-5-3-15-36-25;3-2(4,5)1(6)7/h6-13,25-28,36H,2-5,14-20H2,1H3,(H,37,42)(H,38,41);(H,6,7). The average molecular weight is 746 g/mol. The van der Waals surface area contributed by atoms with Crippen LogP contribution in [0.3, 0.4) is 0 Å². The van der Waals surface area contributed by atoms with Gasteiger partial charge in [-0.1, -0.05) is 49.2 Å². The molecular formula is C34H41ClF5N5O6. The number of carbonyl (C=O) groups is 5. The average Bonchev–Trinajstić information content (AvgIpc) is 3.64. The highest BCUT2D eigenvalue weighted by atomic mass is 35.5. The van der Waals surface area contributed by atoms with Crippen LogP contribution in [0.5, 0.6) is 0 Å². The molecule has 280 valence electrons. The molecule has 0 radical (unpaired) electrons. The molecule has 2 aliphatic rings. The molecule has 4 amide bonds. The highest BCUT2D eigenvalue weighted by Gasteiger charge is 2.43. The molecule has 2 saturated heterocycles. The Labute approximate surface area is 296 Å². The van der Waals surface area contributed by atoms with Crippen LogP contribution in [0.2, 0.25) is 5.02 Å². The van der Waals surface area contributed by atoms with Gasteiger partial charge in [0.2, 0.25) is 23.6 Å². The van der Waals surface area contributed by atoms with E-state index in [0.717, 1.165) is 12.0 Å². The molecule has 0 spiro atoms. The quantitative estimate of drug-likeness (QED) is 0.230. The van der Waals surface area contributed by atoms with Crippen molar-refractivity contribution in [2.75, 3.05) is 32.9 Å². The minimum atomic E-state index is -5.08. The van der Waals surface area contributed by atoms with Gasteiger partial charge in [0.15, 0.2) is 0 Å². The van der Waals surface area contributed by atoms with Gasteiger partial charge >= 0.3 is 12.1 Å². The zero-order chi connectivity index (χ0) is 37.7. The SMILES string of the molecule is CCCC1C(=O)N(C(Cc2ccc(Cl)cc2)C(=O)NCCF)CCN1C(=O)C(Cc1ccc(F)cc1)NC(=O)C1CCCN1.O=C(O)C(F)(F)F. The fourth-order valence-corrected chi connectivity index (χ4v) is 5.97. The monoisotopic (exact) mass is 745 g/mol. The molecule has 4 N–H and O–H groups in total. The maximum absolute atomic E-state index is 14.1. The molecule has 51 heavy (non-hydrogen) atoms. The van der Waals surface area contributed by atoms with Gasteiger partial charge in [-0.15, -0.1) is 0 Å². The zero-order valence-corrected chi connectivity index (χ0v) is 28.6. The van der Waals surface area contributed by atoms with E-state index in [9.17, 15) is 41.1 Å². The molecule has 11 nitrogen and oxygen atoms in total. The molecular weight excluding hydrogens is 705 g/mol. The molecule has 17 heteroatoms. The minimum Gasteiger partial charge on any atom is -0.475 e. The van der Waals surface area contributed by atoms with Gasteiger partial charge in [0.25, 0.3) is 0 Å². The number of benzene rings is 2. The Morgan fingerprint density at radius 2 is 1.63 bits per heavy atom. The molecule has 4 unspecified atom stereocenters. The molecule has 2 aromatic rings. The highest BCUT2D eigenvalue weighted by Crippen LogP contribution is 2.23. The van der Waals surface area contributed by atoms with E-state index < -0.39 is 60.6 Å². The third-order valence-electron chi connectivity index (χ3n) is 8.37. The maximum Gasteiger partial charge on any atom is 0.490 e. The van der Waals surface area contributed by atoms with Crippen LogP contribution >= 0.6 is 11.6 Å². The van der Waals surface area contributed by atoms with Gasteiger partial charge < -0.3 is 30.9 Å². The van der Waals surface area contributed by atoms with E-state index in [1.165, 1.54) is 21.9 Å². The third kappa shape index (κ3) is 12.2. The number of alkyl halides is 4. The second-order valence-electron chi connectivity index (χ2n) is 12.0. The Hall–Kier alpha value is -4.31. The van der Waals surface area contributed by atoms with E-state index in [1.54, 1.807) is 36.4 Å². The van der Waals surface area contributed by atoms with E-state index in [0.29, 0.717) is 36.4 Å². The van der Waals surface area contributed by atoms with Crippen molar-refractivity contribution in [1.29, 1.82) is 0 Å². The summed E-state index contributed by atoms with van der Waals surface area (Å²) in [6.45, 7) is 1.90. The number of hydrogen-bond acceptors (Lipinski definition) is 6. The summed E-state index contributed by atoms with van der Waals surface area (Å²) >= 11 is 6.03. The van der Waals surface area contributed by atoms with Crippen LogP contribution in [-0.2, 0) is 36.8 Å². The normalized spacial score (nSPS) is 18.7. The Morgan fingerprint density at radius 1 is 1.02 bits per heavy atom. The predicted octanol–water partition coefficient (Wildman–Crippen LogP) is 3.43. The summed E-state index contributed by atoms with van der Waals surface area (Å²) in [6.07, 6.45) is -2.34. The molecule has 0 saturated carbocycles. The zero-order valence-electron chi connectivity index (χ0n) is 27.9. The number of amides is 4. The first-order valence-corrected chi connectivity index (χ1v) is 16.8.